The fraction of sp³-hybridized carbons (Fsp3) is 0.333. The van der Waals surface area contributed by atoms with Gasteiger partial charge < -0.3 is 4.90 Å². The van der Waals surface area contributed by atoms with Crippen LogP contribution in [0.15, 0.2) is 18.2 Å². The summed E-state index contributed by atoms with van der Waals surface area (Å²) in [4.78, 5) is 2.14. The molecule has 2 heterocycles. The van der Waals surface area contributed by atoms with Gasteiger partial charge in [0, 0.05) is 41.4 Å². The van der Waals surface area contributed by atoms with Crippen molar-refractivity contribution < 1.29 is 4.39 Å². The Morgan fingerprint density at radius 3 is 3.00 bits per heavy atom. The summed E-state index contributed by atoms with van der Waals surface area (Å²) in [6.07, 6.45) is 0.798. The molecule has 1 aliphatic heterocycles. The van der Waals surface area contributed by atoms with Gasteiger partial charge in [0.1, 0.15) is 11.9 Å². The summed E-state index contributed by atoms with van der Waals surface area (Å²) in [6, 6.07) is 6.75. The SMILES string of the molecule is CN1CCc2c(c(C#N)nn2Cc2c(F)cccc2Cl)C1. The van der Waals surface area contributed by atoms with Crippen molar-refractivity contribution in [3.63, 3.8) is 0 Å². The van der Waals surface area contributed by atoms with Gasteiger partial charge in [-0.15, -0.1) is 0 Å². The molecule has 0 atom stereocenters. The van der Waals surface area contributed by atoms with E-state index in [9.17, 15) is 9.65 Å². The largest absolute Gasteiger partial charge is 0.302 e. The Hall–Kier alpha value is -1.90. The average molecular weight is 305 g/mol. The molecule has 0 bridgehead atoms. The number of aromatic nitrogens is 2. The maximum Gasteiger partial charge on any atom is 0.167 e. The minimum atomic E-state index is -0.349. The third kappa shape index (κ3) is 2.53. The molecule has 0 spiro atoms. The number of likely N-dealkylation sites (N-methyl/N-ethyl adjacent to an activating group) is 1. The third-order valence-corrected chi connectivity index (χ3v) is 4.15. The lowest BCUT2D eigenvalue weighted by Crippen LogP contribution is -2.27. The van der Waals surface area contributed by atoms with Crippen molar-refractivity contribution in [2.24, 2.45) is 0 Å². The third-order valence-electron chi connectivity index (χ3n) is 3.80. The van der Waals surface area contributed by atoms with E-state index < -0.39 is 0 Å². The maximum absolute atomic E-state index is 13.9. The van der Waals surface area contributed by atoms with Crippen LogP contribution in [-0.2, 0) is 19.5 Å². The van der Waals surface area contributed by atoms with E-state index in [4.69, 9.17) is 11.6 Å². The summed E-state index contributed by atoms with van der Waals surface area (Å²) in [5.74, 6) is -0.349. The molecule has 2 aromatic rings. The molecule has 0 unspecified atom stereocenters. The van der Waals surface area contributed by atoms with E-state index in [1.54, 1.807) is 16.8 Å². The van der Waals surface area contributed by atoms with Crippen molar-refractivity contribution in [3.05, 3.63) is 51.6 Å². The van der Waals surface area contributed by atoms with E-state index in [1.807, 2.05) is 7.05 Å². The monoisotopic (exact) mass is 304 g/mol. The number of halogens is 2. The fourth-order valence-corrected chi connectivity index (χ4v) is 2.90. The van der Waals surface area contributed by atoms with Crippen LogP contribution in [0.25, 0.3) is 0 Å². The summed E-state index contributed by atoms with van der Waals surface area (Å²) in [5, 5.41) is 13.9. The molecule has 21 heavy (non-hydrogen) atoms. The van der Waals surface area contributed by atoms with Gasteiger partial charge in [-0.05, 0) is 19.2 Å². The van der Waals surface area contributed by atoms with E-state index in [-0.39, 0.29) is 12.4 Å². The van der Waals surface area contributed by atoms with Gasteiger partial charge in [0.05, 0.1) is 6.54 Å². The predicted octanol–water partition coefficient (Wildman–Crippen LogP) is 2.58. The van der Waals surface area contributed by atoms with Crippen molar-refractivity contribution in [1.29, 1.82) is 5.26 Å². The van der Waals surface area contributed by atoms with Crippen molar-refractivity contribution in [2.75, 3.05) is 13.6 Å². The molecular formula is C15H14ClFN4. The van der Waals surface area contributed by atoms with Gasteiger partial charge in [-0.3, -0.25) is 4.68 Å². The molecule has 0 aliphatic carbocycles. The summed E-state index contributed by atoms with van der Waals surface area (Å²) >= 11 is 6.07. The van der Waals surface area contributed by atoms with Gasteiger partial charge >= 0.3 is 0 Å². The second-order valence-corrected chi connectivity index (χ2v) is 5.64. The highest BCUT2D eigenvalue weighted by Gasteiger charge is 2.24. The summed E-state index contributed by atoms with van der Waals surface area (Å²) in [5.41, 5.74) is 2.78. The first-order valence-corrected chi connectivity index (χ1v) is 7.08. The Labute approximate surface area is 127 Å². The molecule has 0 N–H and O–H groups in total. The number of benzene rings is 1. The molecule has 1 aromatic heterocycles. The Morgan fingerprint density at radius 1 is 1.48 bits per heavy atom. The zero-order valence-electron chi connectivity index (χ0n) is 11.6. The van der Waals surface area contributed by atoms with Crippen molar-refractivity contribution in [1.82, 2.24) is 14.7 Å². The molecule has 3 rings (SSSR count). The van der Waals surface area contributed by atoms with Crippen LogP contribution >= 0.6 is 11.6 Å². The van der Waals surface area contributed by atoms with Crippen LogP contribution in [0, 0.1) is 17.1 Å². The minimum absolute atomic E-state index is 0.249. The molecular weight excluding hydrogens is 291 g/mol. The lowest BCUT2D eigenvalue weighted by molar-refractivity contribution is 0.308. The lowest BCUT2D eigenvalue weighted by atomic mass is 10.1. The van der Waals surface area contributed by atoms with Crippen molar-refractivity contribution in [3.8, 4) is 6.07 Å². The molecule has 1 aromatic carbocycles. The van der Waals surface area contributed by atoms with E-state index in [0.29, 0.717) is 22.8 Å². The number of rotatable bonds is 2. The van der Waals surface area contributed by atoms with Crippen LogP contribution in [0.2, 0.25) is 5.02 Å². The highest BCUT2D eigenvalue weighted by Crippen LogP contribution is 2.25. The van der Waals surface area contributed by atoms with Gasteiger partial charge in [-0.1, -0.05) is 17.7 Å². The van der Waals surface area contributed by atoms with Crippen LogP contribution < -0.4 is 0 Å². The molecule has 6 heteroatoms. The second kappa shape index (κ2) is 5.47. The van der Waals surface area contributed by atoms with Crippen LogP contribution in [0.4, 0.5) is 4.39 Å². The Balaban J connectivity index is 2.03. The highest BCUT2D eigenvalue weighted by atomic mass is 35.5. The summed E-state index contributed by atoms with van der Waals surface area (Å²) in [6.45, 7) is 1.84. The van der Waals surface area contributed by atoms with Gasteiger partial charge in [0.15, 0.2) is 5.69 Å². The molecule has 0 radical (unpaired) electrons. The molecule has 0 saturated heterocycles. The average Bonchev–Trinajstić information content (AvgIpc) is 2.80. The first kappa shape index (κ1) is 14.1. The van der Waals surface area contributed by atoms with Gasteiger partial charge in [0.2, 0.25) is 0 Å². The smallest absolute Gasteiger partial charge is 0.167 e. The molecule has 108 valence electrons. The van der Waals surface area contributed by atoms with E-state index >= 15 is 0 Å². The predicted molar refractivity (Wildman–Crippen MR) is 77.5 cm³/mol. The molecule has 0 saturated carbocycles. The van der Waals surface area contributed by atoms with Gasteiger partial charge in [-0.2, -0.15) is 10.4 Å². The van der Waals surface area contributed by atoms with Crippen LogP contribution in [-0.4, -0.2) is 28.3 Å². The Morgan fingerprint density at radius 2 is 2.29 bits per heavy atom. The van der Waals surface area contributed by atoms with Crippen molar-refractivity contribution >= 4 is 11.6 Å². The second-order valence-electron chi connectivity index (χ2n) is 5.23. The number of nitrogens with zero attached hydrogens (tertiary/aromatic N) is 4. The van der Waals surface area contributed by atoms with E-state index in [1.165, 1.54) is 6.07 Å². The fourth-order valence-electron chi connectivity index (χ4n) is 2.68. The maximum atomic E-state index is 13.9. The van der Waals surface area contributed by atoms with E-state index in [2.05, 4.69) is 16.1 Å². The zero-order chi connectivity index (χ0) is 15.0. The summed E-state index contributed by atoms with van der Waals surface area (Å²) < 4.78 is 15.6. The molecule has 1 aliphatic rings. The first-order chi connectivity index (χ1) is 10.1. The standard InChI is InChI=1S/C15H14ClFN4/c1-20-6-5-15-11(8-20)14(7-18)19-21(15)9-10-12(16)3-2-4-13(10)17/h2-4H,5-6,8-9H2,1H3. The zero-order valence-corrected chi connectivity index (χ0v) is 12.4. The topological polar surface area (TPSA) is 44.9 Å². The van der Waals surface area contributed by atoms with Gasteiger partial charge in [0.25, 0.3) is 0 Å². The van der Waals surface area contributed by atoms with E-state index in [0.717, 1.165) is 24.2 Å². The quantitative estimate of drug-likeness (QED) is 0.856. The number of fused-ring (bicyclic) bond motifs is 1. The minimum Gasteiger partial charge on any atom is -0.302 e. The van der Waals surface area contributed by atoms with Crippen LogP contribution in [0.1, 0.15) is 22.5 Å². The number of hydrogen-bond donors (Lipinski definition) is 0. The lowest BCUT2D eigenvalue weighted by Gasteiger charge is -2.23. The molecule has 0 amide bonds. The number of nitriles is 1. The van der Waals surface area contributed by atoms with Crippen LogP contribution in [0.5, 0.6) is 0 Å². The van der Waals surface area contributed by atoms with Crippen molar-refractivity contribution in [2.45, 2.75) is 19.5 Å². The van der Waals surface area contributed by atoms with Crippen LogP contribution in [0.3, 0.4) is 0 Å². The number of hydrogen-bond acceptors (Lipinski definition) is 3. The normalized spacial score (nSPS) is 14.8. The summed E-state index contributed by atoms with van der Waals surface area (Å²) in [7, 11) is 2.01. The highest BCUT2D eigenvalue weighted by molar-refractivity contribution is 6.31. The Bertz CT molecular complexity index is 712. The first-order valence-electron chi connectivity index (χ1n) is 6.70. The molecule has 4 nitrogen and oxygen atoms in total. The van der Waals surface area contributed by atoms with Gasteiger partial charge in [-0.25, -0.2) is 4.39 Å². The Kier molecular flexibility index (Phi) is 3.66. The molecule has 0 fully saturated rings.